The van der Waals surface area contributed by atoms with Crippen LogP contribution in [0.3, 0.4) is 0 Å². The van der Waals surface area contributed by atoms with Crippen molar-refractivity contribution in [1.82, 2.24) is 19.9 Å². The van der Waals surface area contributed by atoms with Crippen LogP contribution in [0.4, 0.5) is 0 Å². The van der Waals surface area contributed by atoms with Gasteiger partial charge in [0.2, 0.25) is 0 Å². The third-order valence-electron chi connectivity index (χ3n) is 12.0. The van der Waals surface area contributed by atoms with Crippen molar-refractivity contribution in [2.24, 2.45) is 23.7 Å². The molecule has 0 unspecified atom stereocenters. The Morgan fingerprint density at radius 2 is 1.28 bits per heavy atom. The zero-order valence-corrected chi connectivity index (χ0v) is 26.8. The Balaban J connectivity index is 1.13. The lowest BCUT2D eigenvalue weighted by molar-refractivity contribution is -0.0399. The summed E-state index contributed by atoms with van der Waals surface area (Å²) < 4.78 is 2.49. The molecule has 47 heavy (non-hydrogen) atoms. The average Bonchev–Trinajstić information content (AvgIpc) is 3.64. The van der Waals surface area contributed by atoms with Crippen molar-refractivity contribution in [3.63, 3.8) is 0 Å². The van der Waals surface area contributed by atoms with Gasteiger partial charge < -0.3 is 0 Å². The smallest absolute Gasteiger partial charge is 0.165 e. The zero-order chi connectivity index (χ0) is 30.7. The molecule has 3 heterocycles. The minimum absolute atomic E-state index is 0.0448. The second-order valence-electron chi connectivity index (χ2n) is 14.3. The average molecular weight is 625 g/mol. The van der Waals surface area contributed by atoms with Crippen LogP contribution >= 0.6 is 11.3 Å². The number of hydrogen-bond donors (Lipinski definition) is 0. The number of pyridine rings is 1. The second kappa shape index (κ2) is 9.65. The molecule has 12 rings (SSSR count). The molecule has 4 bridgehead atoms. The van der Waals surface area contributed by atoms with Crippen LogP contribution in [0.15, 0.2) is 109 Å². The maximum atomic E-state index is 5.29. The molecular weight excluding hydrogens is 593 g/mol. The maximum Gasteiger partial charge on any atom is 0.165 e. The molecule has 0 radical (unpaired) electrons. The number of aromatic nitrogens is 4. The summed E-state index contributed by atoms with van der Waals surface area (Å²) in [5, 5.41) is 2.53. The summed E-state index contributed by atoms with van der Waals surface area (Å²) in [6.07, 6.45) is 8.80. The van der Waals surface area contributed by atoms with Crippen LogP contribution in [0.25, 0.3) is 65.6 Å². The fourth-order valence-corrected chi connectivity index (χ4v) is 11.6. The molecule has 0 amide bonds. The Bertz CT molecular complexity index is 2360. The first kappa shape index (κ1) is 26.3. The Morgan fingerprint density at radius 1 is 0.553 bits per heavy atom. The van der Waals surface area contributed by atoms with E-state index >= 15 is 0 Å². The van der Waals surface area contributed by atoms with E-state index < -0.39 is 0 Å². The van der Waals surface area contributed by atoms with Crippen molar-refractivity contribution < 1.29 is 0 Å². The molecule has 0 saturated heterocycles. The van der Waals surface area contributed by atoms with Gasteiger partial charge in [-0.25, -0.2) is 15.0 Å². The largest absolute Gasteiger partial charge is 0.256 e. The Kier molecular flexibility index (Phi) is 5.41. The molecule has 7 aromatic rings. The summed E-state index contributed by atoms with van der Waals surface area (Å²) in [6, 6.07) is 37.1. The van der Waals surface area contributed by atoms with Gasteiger partial charge in [0.05, 0.1) is 5.69 Å². The summed E-state index contributed by atoms with van der Waals surface area (Å²) in [7, 11) is 0. The summed E-state index contributed by atoms with van der Waals surface area (Å²) >= 11 is 1.82. The molecule has 5 aliphatic rings. The molecule has 0 aliphatic heterocycles. The number of fused-ring (bicyclic) bond motifs is 6. The van der Waals surface area contributed by atoms with E-state index in [9.17, 15) is 0 Å². The number of rotatable bonds is 3. The molecule has 4 aromatic carbocycles. The quantitative estimate of drug-likeness (QED) is 0.196. The molecule has 0 atom stereocenters. The van der Waals surface area contributed by atoms with Crippen LogP contribution in [-0.4, -0.2) is 19.9 Å². The van der Waals surface area contributed by atoms with Crippen molar-refractivity contribution in [2.45, 2.75) is 37.5 Å². The van der Waals surface area contributed by atoms with Crippen LogP contribution in [0.5, 0.6) is 0 Å². The summed E-state index contributed by atoms with van der Waals surface area (Å²) in [4.78, 5) is 20.6. The molecule has 1 spiro atoms. The summed E-state index contributed by atoms with van der Waals surface area (Å²) in [5.74, 6) is 5.31. The normalized spacial score (nSPS) is 25.1. The van der Waals surface area contributed by atoms with Gasteiger partial charge in [-0.1, -0.05) is 78.9 Å². The van der Waals surface area contributed by atoms with Crippen LogP contribution in [0.2, 0.25) is 0 Å². The number of benzene rings is 4. The molecular formula is C42H32N4S. The molecule has 4 saturated carbocycles. The lowest BCUT2D eigenvalue weighted by atomic mass is 9.43. The third-order valence-corrected chi connectivity index (χ3v) is 13.2. The van der Waals surface area contributed by atoms with Gasteiger partial charge in [-0.2, -0.15) is 0 Å². The zero-order valence-electron chi connectivity index (χ0n) is 25.9. The van der Waals surface area contributed by atoms with Gasteiger partial charge in [-0.05, 0) is 91.2 Å². The predicted molar refractivity (Wildman–Crippen MR) is 190 cm³/mol. The predicted octanol–water partition coefficient (Wildman–Crippen LogP) is 10.4. The van der Waals surface area contributed by atoms with E-state index in [0.717, 1.165) is 40.2 Å². The molecule has 5 aliphatic carbocycles. The van der Waals surface area contributed by atoms with E-state index in [1.165, 1.54) is 74.7 Å². The topological polar surface area (TPSA) is 51.6 Å². The van der Waals surface area contributed by atoms with E-state index in [0.29, 0.717) is 17.7 Å². The SMILES string of the molecule is c1ccc(-c2nc(-c3ccc4c(c3)C3(c5cccnc5-4)C4CC5CC(C4)CC3C5)nc(-c3cccc4c3sc3ccccc34)n2)cc1. The summed E-state index contributed by atoms with van der Waals surface area (Å²) in [6.45, 7) is 0. The Morgan fingerprint density at radius 3 is 2.11 bits per heavy atom. The van der Waals surface area contributed by atoms with E-state index in [-0.39, 0.29) is 5.41 Å². The highest BCUT2D eigenvalue weighted by Gasteiger charge is 2.61. The first-order valence-electron chi connectivity index (χ1n) is 17.1. The van der Waals surface area contributed by atoms with E-state index in [4.69, 9.17) is 19.9 Å². The third kappa shape index (κ3) is 3.64. The minimum Gasteiger partial charge on any atom is -0.256 e. The molecule has 226 valence electrons. The van der Waals surface area contributed by atoms with E-state index in [1.54, 1.807) is 0 Å². The lowest BCUT2D eigenvalue weighted by Crippen LogP contribution is -2.55. The van der Waals surface area contributed by atoms with E-state index in [2.05, 4.69) is 97.1 Å². The Hall–Kier alpha value is -4.74. The highest BCUT2D eigenvalue weighted by molar-refractivity contribution is 7.26. The molecule has 0 N–H and O–H groups in total. The van der Waals surface area contributed by atoms with Crippen LogP contribution in [0, 0.1) is 23.7 Å². The standard InChI is InChI=1S/C42H32N4S/c1-2-8-26(9-3-1)39-44-40(46-41(45-39)33-12-6-11-31-30-10-4-5-14-36(30)47-38(31)33)27-15-16-32-35(23-27)42(34-13-7-17-43-37(32)34)28-19-24-18-25(21-28)22-29(42)20-24/h1-17,23-25,28-29H,18-22H2. The minimum atomic E-state index is 0.0448. The highest BCUT2D eigenvalue weighted by atomic mass is 32.1. The van der Waals surface area contributed by atoms with Crippen LogP contribution in [-0.2, 0) is 5.41 Å². The van der Waals surface area contributed by atoms with Gasteiger partial charge in [0.1, 0.15) is 0 Å². The van der Waals surface area contributed by atoms with Crippen molar-refractivity contribution in [2.75, 3.05) is 0 Å². The lowest BCUT2D eigenvalue weighted by Gasteiger charge is -2.61. The van der Waals surface area contributed by atoms with Gasteiger partial charge in [0, 0.05) is 54.0 Å². The highest BCUT2D eigenvalue weighted by Crippen LogP contribution is 2.69. The molecule has 3 aromatic heterocycles. The fraction of sp³-hybridized carbons (Fsp3) is 0.238. The number of thiophene rings is 1. The first-order chi connectivity index (χ1) is 23.2. The van der Waals surface area contributed by atoms with Crippen molar-refractivity contribution >= 4 is 31.5 Å². The number of hydrogen-bond acceptors (Lipinski definition) is 5. The van der Waals surface area contributed by atoms with Gasteiger partial charge >= 0.3 is 0 Å². The van der Waals surface area contributed by atoms with Crippen molar-refractivity contribution in [3.8, 4) is 45.4 Å². The Labute approximate surface area is 277 Å². The molecule has 4 nitrogen and oxygen atoms in total. The second-order valence-corrected chi connectivity index (χ2v) is 15.3. The van der Waals surface area contributed by atoms with Gasteiger partial charge in [-0.15, -0.1) is 11.3 Å². The first-order valence-corrected chi connectivity index (χ1v) is 17.9. The van der Waals surface area contributed by atoms with Gasteiger partial charge in [0.15, 0.2) is 17.5 Å². The maximum absolute atomic E-state index is 5.29. The van der Waals surface area contributed by atoms with Crippen LogP contribution in [0.1, 0.15) is 43.2 Å². The summed E-state index contributed by atoms with van der Waals surface area (Å²) in [5.41, 5.74) is 8.60. The van der Waals surface area contributed by atoms with Crippen LogP contribution < -0.4 is 0 Å². The monoisotopic (exact) mass is 624 g/mol. The number of nitrogens with zero attached hydrogens (tertiary/aromatic N) is 4. The van der Waals surface area contributed by atoms with Crippen molar-refractivity contribution in [1.29, 1.82) is 0 Å². The van der Waals surface area contributed by atoms with Gasteiger partial charge in [-0.3, -0.25) is 4.98 Å². The van der Waals surface area contributed by atoms with E-state index in [1.807, 2.05) is 23.6 Å². The van der Waals surface area contributed by atoms with Crippen molar-refractivity contribution in [3.05, 3.63) is 120 Å². The van der Waals surface area contributed by atoms with Gasteiger partial charge in [0.25, 0.3) is 0 Å². The molecule has 4 fully saturated rings. The molecule has 5 heteroatoms. The fourth-order valence-electron chi connectivity index (χ4n) is 10.4.